The lowest BCUT2D eigenvalue weighted by molar-refractivity contribution is -0.385. The molecule has 0 saturated carbocycles. The highest BCUT2D eigenvalue weighted by molar-refractivity contribution is 5.87. The molecule has 15 heavy (non-hydrogen) atoms. The van der Waals surface area contributed by atoms with Gasteiger partial charge in [0, 0.05) is 6.07 Å². The fourth-order valence-electron chi connectivity index (χ4n) is 1.51. The van der Waals surface area contributed by atoms with E-state index in [1.165, 1.54) is 13.2 Å². The zero-order valence-electron chi connectivity index (χ0n) is 8.14. The number of hydrogen-bond acceptors (Lipinski definition) is 3. The minimum atomic E-state index is -0.439. The Hall–Kier alpha value is -2.10. The molecule has 2 aromatic rings. The Morgan fingerprint density at radius 3 is 2.33 bits per heavy atom. The Bertz CT molecular complexity index is 522. The number of fused-ring (bicyclic) bond motifs is 1. The van der Waals surface area contributed by atoms with Crippen LogP contribution in [0.3, 0.4) is 0 Å². The summed E-state index contributed by atoms with van der Waals surface area (Å²) in [6, 6.07) is 10.6. The van der Waals surface area contributed by atoms with Gasteiger partial charge in [0.15, 0.2) is 5.75 Å². The SMILES string of the molecule is COc1cc2ccccc2cc1[N+](=O)[O-]. The second kappa shape index (κ2) is 3.57. The van der Waals surface area contributed by atoms with Crippen molar-refractivity contribution in [1.29, 1.82) is 0 Å². The van der Waals surface area contributed by atoms with Gasteiger partial charge in [-0.3, -0.25) is 10.1 Å². The van der Waals surface area contributed by atoms with Gasteiger partial charge in [0.2, 0.25) is 0 Å². The maximum absolute atomic E-state index is 10.7. The third kappa shape index (κ3) is 1.61. The molecule has 76 valence electrons. The summed E-state index contributed by atoms with van der Waals surface area (Å²) in [5, 5.41) is 12.5. The van der Waals surface area contributed by atoms with Crippen molar-refractivity contribution in [3.63, 3.8) is 0 Å². The number of nitrogens with zero attached hydrogens (tertiary/aromatic N) is 1. The Labute approximate surface area is 86.2 Å². The molecule has 0 atom stereocenters. The molecule has 0 aliphatic carbocycles. The fourth-order valence-corrected chi connectivity index (χ4v) is 1.51. The van der Waals surface area contributed by atoms with Crippen molar-refractivity contribution in [1.82, 2.24) is 0 Å². The Kier molecular flexibility index (Phi) is 2.25. The van der Waals surface area contributed by atoms with E-state index in [-0.39, 0.29) is 5.69 Å². The molecule has 0 aliphatic heterocycles. The molecule has 0 fully saturated rings. The Balaban J connectivity index is 2.74. The van der Waals surface area contributed by atoms with Crippen molar-refractivity contribution in [2.45, 2.75) is 0 Å². The van der Waals surface area contributed by atoms with E-state index in [1.54, 1.807) is 6.07 Å². The first kappa shape index (κ1) is 9.45. The standard InChI is InChI=1S/C11H9NO3/c1-15-11-7-9-5-3-2-4-8(9)6-10(11)12(13)14/h2-7H,1H3. The Morgan fingerprint density at radius 2 is 1.80 bits per heavy atom. The van der Waals surface area contributed by atoms with E-state index in [4.69, 9.17) is 4.74 Å². The first-order valence-corrected chi connectivity index (χ1v) is 4.43. The maximum atomic E-state index is 10.7. The van der Waals surface area contributed by atoms with E-state index < -0.39 is 4.92 Å². The predicted octanol–water partition coefficient (Wildman–Crippen LogP) is 2.76. The molecule has 0 radical (unpaired) electrons. The van der Waals surface area contributed by atoms with Crippen LogP contribution < -0.4 is 4.74 Å². The van der Waals surface area contributed by atoms with Crippen molar-refractivity contribution in [2.75, 3.05) is 7.11 Å². The molecule has 0 unspecified atom stereocenters. The molecule has 2 aromatic carbocycles. The van der Waals surface area contributed by atoms with Crippen molar-refractivity contribution in [3.05, 3.63) is 46.5 Å². The van der Waals surface area contributed by atoms with Gasteiger partial charge in [-0.05, 0) is 16.8 Å². The third-order valence-electron chi connectivity index (χ3n) is 2.24. The van der Waals surface area contributed by atoms with Gasteiger partial charge in [0.05, 0.1) is 12.0 Å². The van der Waals surface area contributed by atoms with Crippen molar-refractivity contribution < 1.29 is 9.66 Å². The van der Waals surface area contributed by atoms with Crippen LogP contribution in [0.2, 0.25) is 0 Å². The molecule has 0 aliphatic rings. The fraction of sp³-hybridized carbons (Fsp3) is 0.0909. The molecule has 0 spiro atoms. The normalized spacial score (nSPS) is 10.2. The van der Waals surface area contributed by atoms with Crippen molar-refractivity contribution in [2.24, 2.45) is 0 Å². The van der Waals surface area contributed by atoms with E-state index in [9.17, 15) is 10.1 Å². The molecule has 0 aromatic heterocycles. The van der Waals surface area contributed by atoms with Gasteiger partial charge < -0.3 is 4.74 Å². The minimum absolute atomic E-state index is 0.00352. The molecule has 2 rings (SSSR count). The lowest BCUT2D eigenvalue weighted by Crippen LogP contribution is -1.93. The van der Waals surface area contributed by atoms with Gasteiger partial charge in [0.25, 0.3) is 0 Å². The topological polar surface area (TPSA) is 52.4 Å². The van der Waals surface area contributed by atoms with Crippen LogP contribution in [0.4, 0.5) is 5.69 Å². The average molecular weight is 203 g/mol. The summed E-state index contributed by atoms with van der Waals surface area (Å²) >= 11 is 0. The Morgan fingerprint density at radius 1 is 1.20 bits per heavy atom. The zero-order chi connectivity index (χ0) is 10.8. The van der Waals surface area contributed by atoms with E-state index in [2.05, 4.69) is 0 Å². The van der Waals surface area contributed by atoms with Gasteiger partial charge in [-0.2, -0.15) is 0 Å². The van der Waals surface area contributed by atoms with E-state index >= 15 is 0 Å². The number of rotatable bonds is 2. The molecule has 4 heteroatoms. The summed E-state index contributed by atoms with van der Waals surface area (Å²) in [4.78, 5) is 10.3. The molecular weight excluding hydrogens is 194 g/mol. The van der Waals surface area contributed by atoms with Crippen LogP contribution in [0, 0.1) is 10.1 Å². The van der Waals surface area contributed by atoms with Crippen molar-refractivity contribution >= 4 is 16.5 Å². The number of methoxy groups -OCH3 is 1. The van der Waals surface area contributed by atoms with E-state index in [0.29, 0.717) is 5.75 Å². The van der Waals surface area contributed by atoms with Gasteiger partial charge in [-0.25, -0.2) is 0 Å². The summed E-state index contributed by atoms with van der Waals surface area (Å²) < 4.78 is 4.97. The molecule has 0 heterocycles. The highest BCUT2D eigenvalue weighted by Gasteiger charge is 2.14. The monoisotopic (exact) mass is 203 g/mol. The minimum Gasteiger partial charge on any atom is -0.490 e. The van der Waals surface area contributed by atoms with Crippen LogP contribution in [0.15, 0.2) is 36.4 Å². The van der Waals surface area contributed by atoms with Crippen LogP contribution in [0.5, 0.6) is 5.75 Å². The van der Waals surface area contributed by atoms with Gasteiger partial charge >= 0.3 is 5.69 Å². The lowest BCUT2D eigenvalue weighted by atomic mass is 10.1. The molecule has 4 nitrogen and oxygen atoms in total. The summed E-state index contributed by atoms with van der Waals surface area (Å²) in [7, 11) is 1.43. The predicted molar refractivity (Wildman–Crippen MR) is 57.2 cm³/mol. The zero-order valence-corrected chi connectivity index (χ0v) is 8.14. The number of hydrogen-bond donors (Lipinski definition) is 0. The third-order valence-corrected chi connectivity index (χ3v) is 2.24. The molecule has 0 saturated heterocycles. The summed E-state index contributed by atoms with van der Waals surface area (Å²) in [5.74, 6) is 0.290. The quantitative estimate of drug-likeness (QED) is 0.557. The van der Waals surface area contributed by atoms with Crippen LogP contribution >= 0.6 is 0 Å². The summed E-state index contributed by atoms with van der Waals surface area (Å²) in [5.41, 5.74) is -0.00352. The molecule has 0 bridgehead atoms. The van der Waals surface area contributed by atoms with Crippen LogP contribution in [-0.2, 0) is 0 Å². The number of benzene rings is 2. The highest BCUT2D eigenvalue weighted by Crippen LogP contribution is 2.31. The van der Waals surface area contributed by atoms with Crippen LogP contribution in [0.1, 0.15) is 0 Å². The average Bonchev–Trinajstić information content (AvgIpc) is 2.27. The maximum Gasteiger partial charge on any atom is 0.311 e. The number of nitro groups is 1. The second-order valence-electron chi connectivity index (χ2n) is 3.13. The molecular formula is C11H9NO3. The smallest absolute Gasteiger partial charge is 0.311 e. The first-order valence-electron chi connectivity index (χ1n) is 4.43. The van der Waals surface area contributed by atoms with Crippen molar-refractivity contribution in [3.8, 4) is 5.75 Å². The highest BCUT2D eigenvalue weighted by atomic mass is 16.6. The molecule has 0 amide bonds. The second-order valence-corrected chi connectivity index (χ2v) is 3.13. The van der Waals surface area contributed by atoms with E-state index in [0.717, 1.165) is 10.8 Å². The van der Waals surface area contributed by atoms with Gasteiger partial charge in [-0.1, -0.05) is 24.3 Å². The van der Waals surface area contributed by atoms with Crippen LogP contribution in [-0.4, -0.2) is 12.0 Å². The van der Waals surface area contributed by atoms with Crippen LogP contribution in [0.25, 0.3) is 10.8 Å². The lowest BCUT2D eigenvalue weighted by Gasteiger charge is -2.03. The first-order chi connectivity index (χ1) is 7.22. The molecule has 0 N–H and O–H groups in total. The van der Waals surface area contributed by atoms with E-state index in [1.807, 2.05) is 24.3 Å². The summed E-state index contributed by atoms with van der Waals surface area (Å²) in [6.07, 6.45) is 0. The van der Waals surface area contributed by atoms with Gasteiger partial charge in [0.1, 0.15) is 0 Å². The summed E-state index contributed by atoms with van der Waals surface area (Å²) in [6.45, 7) is 0. The number of nitro benzene ring substituents is 1. The largest absolute Gasteiger partial charge is 0.490 e. The van der Waals surface area contributed by atoms with Gasteiger partial charge in [-0.15, -0.1) is 0 Å². The number of ether oxygens (including phenoxy) is 1.